The number of anilines is 1. The molecule has 2 nitrogen and oxygen atoms in total. The highest BCUT2D eigenvalue weighted by Crippen LogP contribution is 2.22. The third kappa shape index (κ3) is 7.16. The minimum absolute atomic E-state index is 0.102. The fraction of sp³-hybridized carbons (Fsp3) is 0.647. The lowest BCUT2D eigenvalue weighted by atomic mass is 10.1. The van der Waals surface area contributed by atoms with Gasteiger partial charge in [0.05, 0.1) is 17.3 Å². The van der Waals surface area contributed by atoms with Crippen molar-refractivity contribution in [3.05, 3.63) is 29.3 Å². The zero-order chi connectivity index (χ0) is 14.6. The van der Waals surface area contributed by atoms with Crippen molar-refractivity contribution in [1.29, 1.82) is 0 Å². The van der Waals surface area contributed by atoms with Crippen LogP contribution in [0.4, 0.5) is 5.69 Å². The lowest BCUT2D eigenvalue weighted by Gasteiger charge is -2.18. The van der Waals surface area contributed by atoms with E-state index in [1.165, 1.54) is 38.5 Å². The van der Waals surface area contributed by atoms with Crippen LogP contribution in [0.25, 0.3) is 0 Å². The maximum absolute atomic E-state index is 9.45. The van der Waals surface area contributed by atoms with Gasteiger partial charge in [0.25, 0.3) is 0 Å². The van der Waals surface area contributed by atoms with Crippen LogP contribution >= 0.6 is 11.6 Å². The molecule has 0 aliphatic heterocycles. The molecule has 0 fully saturated rings. The number of nitrogens with one attached hydrogen (secondary N) is 1. The second kappa shape index (κ2) is 11.0. The molecule has 0 saturated carbocycles. The van der Waals surface area contributed by atoms with Crippen molar-refractivity contribution >= 4 is 17.3 Å². The van der Waals surface area contributed by atoms with Gasteiger partial charge in [-0.25, -0.2) is 0 Å². The van der Waals surface area contributed by atoms with Crippen molar-refractivity contribution in [1.82, 2.24) is 0 Å². The highest BCUT2D eigenvalue weighted by molar-refractivity contribution is 6.33. The van der Waals surface area contributed by atoms with Gasteiger partial charge in [0.2, 0.25) is 0 Å². The number of benzene rings is 1. The Hall–Kier alpha value is -0.730. The number of unbranched alkanes of at least 4 members (excludes halogenated alkanes) is 6. The van der Waals surface area contributed by atoms with Crippen molar-refractivity contribution < 1.29 is 5.11 Å². The van der Waals surface area contributed by atoms with Crippen LogP contribution in [-0.4, -0.2) is 17.8 Å². The normalized spacial score (nSPS) is 12.3. The van der Waals surface area contributed by atoms with Crippen LogP contribution in [-0.2, 0) is 0 Å². The molecule has 3 heteroatoms. The Balaban J connectivity index is 2.18. The summed E-state index contributed by atoms with van der Waals surface area (Å²) >= 11 is 6.11. The fourth-order valence-electron chi connectivity index (χ4n) is 2.36. The molecule has 0 saturated heterocycles. The maximum atomic E-state index is 9.45. The number of aliphatic hydroxyl groups excluding tert-OH is 1. The Bertz CT molecular complexity index is 357. The molecule has 0 amide bonds. The first-order valence-corrected chi connectivity index (χ1v) is 8.27. The minimum atomic E-state index is 0.102. The van der Waals surface area contributed by atoms with Crippen LogP contribution in [0.5, 0.6) is 0 Å². The maximum Gasteiger partial charge on any atom is 0.0637 e. The van der Waals surface area contributed by atoms with Crippen molar-refractivity contribution in [3.63, 3.8) is 0 Å². The van der Waals surface area contributed by atoms with Crippen LogP contribution in [0.1, 0.15) is 58.3 Å². The molecule has 0 bridgehead atoms. The quantitative estimate of drug-likeness (QED) is 0.546. The SMILES string of the molecule is CCCCCCCCCC(CO)Nc1ccccc1Cl. The molecule has 114 valence electrons. The Morgan fingerprint density at radius 3 is 2.35 bits per heavy atom. The predicted molar refractivity (Wildman–Crippen MR) is 88.6 cm³/mol. The van der Waals surface area contributed by atoms with E-state index in [0.29, 0.717) is 5.02 Å². The monoisotopic (exact) mass is 297 g/mol. The molecule has 0 spiro atoms. The topological polar surface area (TPSA) is 32.3 Å². The molecular formula is C17H28ClNO. The van der Waals surface area contributed by atoms with Crippen LogP contribution in [0, 0.1) is 0 Å². The van der Waals surface area contributed by atoms with E-state index in [1.807, 2.05) is 24.3 Å². The minimum Gasteiger partial charge on any atom is -0.394 e. The lowest BCUT2D eigenvalue weighted by Crippen LogP contribution is -2.23. The summed E-state index contributed by atoms with van der Waals surface area (Å²) in [4.78, 5) is 0. The largest absolute Gasteiger partial charge is 0.394 e. The number of hydrogen-bond acceptors (Lipinski definition) is 2. The summed E-state index contributed by atoms with van der Waals surface area (Å²) < 4.78 is 0. The summed E-state index contributed by atoms with van der Waals surface area (Å²) in [6, 6.07) is 7.79. The standard InChI is InChI=1S/C17H28ClNO/c1-2-3-4-5-6-7-8-11-15(14-20)19-17-13-10-9-12-16(17)18/h9-10,12-13,15,19-20H,2-8,11,14H2,1H3. The van der Waals surface area contributed by atoms with Gasteiger partial charge in [-0.15, -0.1) is 0 Å². The number of aliphatic hydroxyl groups is 1. The van der Waals surface area contributed by atoms with Crippen LogP contribution < -0.4 is 5.32 Å². The second-order valence-electron chi connectivity index (χ2n) is 5.41. The lowest BCUT2D eigenvalue weighted by molar-refractivity contribution is 0.266. The highest BCUT2D eigenvalue weighted by atomic mass is 35.5. The molecule has 0 aromatic heterocycles. The summed E-state index contributed by atoms with van der Waals surface area (Å²) in [5.41, 5.74) is 0.913. The summed E-state index contributed by atoms with van der Waals surface area (Å²) in [5, 5.41) is 13.5. The van der Waals surface area contributed by atoms with Gasteiger partial charge in [-0.05, 0) is 18.6 Å². The molecule has 1 atom stereocenters. The van der Waals surface area contributed by atoms with Crippen molar-refractivity contribution in [3.8, 4) is 0 Å². The number of rotatable bonds is 11. The fourth-order valence-corrected chi connectivity index (χ4v) is 2.55. The molecule has 0 heterocycles. The molecule has 1 aromatic carbocycles. The van der Waals surface area contributed by atoms with Gasteiger partial charge in [0.1, 0.15) is 0 Å². The van der Waals surface area contributed by atoms with Gasteiger partial charge in [0.15, 0.2) is 0 Å². The second-order valence-corrected chi connectivity index (χ2v) is 5.82. The molecular weight excluding hydrogens is 270 g/mol. The van der Waals surface area contributed by atoms with Crippen LogP contribution in [0.3, 0.4) is 0 Å². The van der Waals surface area contributed by atoms with E-state index in [0.717, 1.165) is 18.5 Å². The van der Waals surface area contributed by atoms with Gasteiger partial charge in [0, 0.05) is 6.04 Å². The Kier molecular flexibility index (Phi) is 9.52. The first-order valence-electron chi connectivity index (χ1n) is 7.89. The van der Waals surface area contributed by atoms with Crippen LogP contribution in [0.15, 0.2) is 24.3 Å². The average molecular weight is 298 g/mol. The zero-order valence-corrected chi connectivity index (χ0v) is 13.3. The van der Waals surface area contributed by atoms with Gasteiger partial charge < -0.3 is 10.4 Å². The number of hydrogen-bond donors (Lipinski definition) is 2. The Morgan fingerprint density at radius 2 is 1.70 bits per heavy atom. The molecule has 0 radical (unpaired) electrons. The number of para-hydroxylation sites is 1. The summed E-state index contributed by atoms with van der Waals surface area (Å²) in [6.07, 6.45) is 10.1. The van der Waals surface area contributed by atoms with Crippen LogP contribution in [0.2, 0.25) is 5.02 Å². The number of halogens is 1. The summed E-state index contributed by atoms with van der Waals surface area (Å²) in [6.45, 7) is 2.40. The highest BCUT2D eigenvalue weighted by Gasteiger charge is 2.08. The van der Waals surface area contributed by atoms with Crippen molar-refractivity contribution in [2.75, 3.05) is 11.9 Å². The smallest absolute Gasteiger partial charge is 0.0637 e. The third-order valence-corrected chi connectivity index (χ3v) is 3.94. The van der Waals surface area contributed by atoms with Gasteiger partial charge >= 0.3 is 0 Å². The van der Waals surface area contributed by atoms with Gasteiger partial charge in [-0.2, -0.15) is 0 Å². The third-order valence-electron chi connectivity index (χ3n) is 3.61. The van der Waals surface area contributed by atoms with Gasteiger partial charge in [-0.3, -0.25) is 0 Å². The average Bonchev–Trinajstić information content (AvgIpc) is 2.47. The first-order chi connectivity index (χ1) is 9.77. The van der Waals surface area contributed by atoms with E-state index in [-0.39, 0.29) is 12.6 Å². The molecule has 2 N–H and O–H groups in total. The zero-order valence-electron chi connectivity index (χ0n) is 12.6. The predicted octanol–water partition coefficient (Wildman–Crippen LogP) is 5.25. The molecule has 1 rings (SSSR count). The molecule has 1 unspecified atom stereocenters. The van der Waals surface area contributed by atoms with E-state index in [9.17, 15) is 5.11 Å². The first kappa shape index (κ1) is 17.3. The van der Waals surface area contributed by atoms with E-state index >= 15 is 0 Å². The Labute approximate surface area is 128 Å². The van der Waals surface area contributed by atoms with E-state index in [2.05, 4.69) is 12.2 Å². The van der Waals surface area contributed by atoms with E-state index in [1.54, 1.807) is 0 Å². The molecule has 0 aliphatic carbocycles. The summed E-state index contributed by atoms with van der Waals surface area (Å²) in [5.74, 6) is 0. The van der Waals surface area contributed by atoms with Gasteiger partial charge in [-0.1, -0.05) is 75.6 Å². The molecule has 0 aliphatic rings. The molecule has 20 heavy (non-hydrogen) atoms. The van der Waals surface area contributed by atoms with Crippen molar-refractivity contribution in [2.24, 2.45) is 0 Å². The Morgan fingerprint density at radius 1 is 1.05 bits per heavy atom. The van der Waals surface area contributed by atoms with Crippen molar-refractivity contribution in [2.45, 2.75) is 64.3 Å². The molecule has 1 aromatic rings. The van der Waals surface area contributed by atoms with E-state index < -0.39 is 0 Å². The van der Waals surface area contributed by atoms with E-state index in [4.69, 9.17) is 11.6 Å². The summed E-state index contributed by atoms with van der Waals surface area (Å²) in [7, 11) is 0.